The molecule has 1 unspecified atom stereocenters. The number of aryl methyl sites for hydroxylation is 1. The molecule has 0 bridgehead atoms. The van der Waals surface area contributed by atoms with Crippen LogP contribution < -0.4 is 14.4 Å². The zero-order chi connectivity index (χ0) is 22.8. The Kier molecular flexibility index (Phi) is 5.64. The van der Waals surface area contributed by atoms with Crippen LogP contribution in [-0.4, -0.2) is 36.0 Å². The normalized spacial score (nSPS) is 17.5. The summed E-state index contributed by atoms with van der Waals surface area (Å²) in [5.41, 5.74) is 2.39. The van der Waals surface area contributed by atoms with E-state index in [9.17, 15) is 14.7 Å². The van der Waals surface area contributed by atoms with Crippen LogP contribution in [0.1, 0.15) is 22.7 Å². The molecule has 7 nitrogen and oxygen atoms in total. The van der Waals surface area contributed by atoms with Gasteiger partial charge in [0.15, 0.2) is 0 Å². The molecule has 0 saturated carbocycles. The number of aliphatic hydroxyl groups excluding tert-OH is 1. The molecule has 1 aromatic heterocycles. The number of benzene rings is 2. The van der Waals surface area contributed by atoms with Crippen LogP contribution in [-0.2, 0) is 9.59 Å². The standard InChI is InChI=1S/C25H22N2O5/c1-15-6-8-16(9-7-15)23(28)21-22(19-11-10-18(31-2)13-20(19)32-3)27(25(30)24(21)29)17-5-4-12-26-14-17/h4-14,22,28H,1-3H3/b23-21+. The first-order valence-electron chi connectivity index (χ1n) is 9.96. The van der Waals surface area contributed by atoms with E-state index in [4.69, 9.17) is 9.47 Å². The maximum absolute atomic E-state index is 13.2. The number of aromatic nitrogens is 1. The molecule has 1 atom stereocenters. The number of methoxy groups -OCH3 is 2. The number of ketones is 1. The molecule has 7 heteroatoms. The van der Waals surface area contributed by atoms with Gasteiger partial charge in [0.05, 0.1) is 37.7 Å². The summed E-state index contributed by atoms with van der Waals surface area (Å²) in [6, 6.07) is 14.6. The van der Waals surface area contributed by atoms with Gasteiger partial charge in [0.25, 0.3) is 11.7 Å². The highest BCUT2D eigenvalue weighted by atomic mass is 16.5. The lowest BCUT2D eigenvalue weighted by atomic mass is 9.94. The first-order valence-corrected chi connectivity index (χ1v) is 9.96. The van der Waals surface area contributed by atoms with Crippen LogP contribution >= 0.6 is 0 Å². The second kappa shape index (κ2) is 8.55. The van der Waals surface area contributed by atoms with Crippen molar-refractivity contribution in [2.75, 3.05) is 19.1 Å². The quantitative estimate of drug-likeness (QED) is 0.373. The second-order valence-electron chi connectivity index (χ2n) is 7.35. The van der Waals surface area contributed by atoms with Gasteiger partial charge in [-0.3, -0.25) is 19.5 Å². The van der Waals surface area contributed by atoms with Gasteiger partial charge in [0.2, 0.25) is 0 Å². The van der Waals surface area contributed by atoms with Gasteiger partial charge in [0.1, 0.15) is 17.3 Å². The predicted octanol–water partition coefficient (Wildman–Crippen LogP) is 4.03. The van der Waals surface area contributed by atoms with Crippen molar-refractivity contribution in [2.24, 2.45) is 0 Å². The number of ether oxygens (including phenoxy) is 2. The average Bonchev–Trinajstić information content (AvgIpc) is 3.09. The summed E-state index contributed by atoms with van der Waals surface area (Å²) in [6.45, 7) is 1.92. The fourth-order valence-corrected chi connectivity index (χ4v) is 3.80. The molecule has 1 amide bonds. The number of pyridine rings is 1. The average molecular weight is 430 g/mol. The van der Waals surface area contributed by atoms with Crippen LogP contribution in [0.3, 0.4) is 0 Å². The van der Waals surface area contributed by atoms with Gasteiger partial charge in [-0.25, -0.2) is 0 Å². The van der Waals surface area contributed by atoms with Crippen LogP contribution in [0.2, 0.25) is 0 Å². The molecule has 1 N–H and O–H groups in total. The minimum atomic E-state index is -0.915. The monoisotopic (exact) mass is 430 g/mol. The second-order valence-corrected chi connectivity index (χ2v) is 7.35. The molecule has 4 rings (SSSR count). The van der Waals surface area contributed by atoms with Gasteiger partial charge in [-0.05, 0) is 31.2 Å². The van der Waals surface area contributed by atoms with Crippen molar-refractivity contribution in [1.29, 1.82) is 0 Å². The molecule has 32 heavy (non-hydrogen) atoms. The highest BCUT2D eigenvalue weighted by Crippen LogP contribution is 2.45. The van der Waals surface area contributed by atoms with E-state index in [0.717, 1.165) is 5.56 Å². The predicted molar refractivity (Wildman–Crippen MR) is 120 cm³/mol. The van der Waals surface area contributed by atoms with Crippen molar-refractivity contribution in [3.63, 3.8) is 0 Å². The lowest BCUT2D eigenvalue weighted by molar-refractivity contribution is -0.132. The Labute approximate surface area is 185 Å². The zero-order valence-corrected chi connectivity index (χ0v) is 17.9. The highest BCUT2D eigenvalue weighted by Gasteiger charge is 2.48. The molecule has 1 fully saturated rings. The third-order valence-corrected chi connectivity index (χ3v) is 5.43. The summed E-state index contributed by atoms with van der Waals surface area (Å²) in [7, 11) is 3.03. The Hall–Kier alpha value is -4.13. The minimum absolute atomic E-state index is 0.0221. The minimum Gasteiger partial charge on any atom is -0.507 e. The molecular weight excluding hydrogens is 408 g/mol. The third kappa shape index (κ3) is 3.58. The van der Waals surface area contributed by atoms with Crippen molar-refractivity contribution < 1.29 is 24.2 Å². The number of aliphatic hydroxyl groups is 1. The largest absolute Gasteiger partial charge is 0.507 e. The zero-order valence-electron chi connectivity index (χ0n) is 17.9. The summed E-state index contributed by atoms with van der Waals surface area (Å²) in [4.78, 5) is 31.8. The van der Waals surface area contributed by atoms with E-state index in [1.54, 1.807) is 48.7 Å². The van der Waals surface area contributed by atoms with E-state index in [1.165, 1.54) is 25.3 Å². The molecule has 2 aromatic carbocycles. The molecule has 162 valence electrons. The Morgan fingerprint density at radius 2 is 1.78 bits per heavy atom. The number of nitrogens with zero attached hydrogens (tertiary/aromatic N) is 2. The molecule has 0 radical (unpaired) electrons. The summed E-state index contributed by atoms with van der Waals surface area (Å²) >= 11 is 0. The van der Waals surface area contributed by atoms with Gasteiger partial charge >= 0.3 is 0 Å². The van der Waals surface area contributed by atoms with Crippen molar-refractivity contribution in [1.82, 2.24) is 4.98 Å². The molecule has 3 aromatic rings. The first kappa shape index (κ1) is 21.1. The SMILES string of the molecule is COc1ccc(C2/C(=C(\O)c3ccc(C)cc3)C(=O)C(=O)N2c2cccnc2)c(OC)c1. The number of carbonyl (C=O) groups is 2. The summed E-state index contributed by atoms with van der Waals surface area (Å²) in [5.74, 6) is -0.815. The van der Waals surface area contributed by atoms with Crippen LogP contribution in [0.15, 0.2) is 72.6 Å². The Bertz CT molecular complexity index is 1200. The van der Waals surface area contributed by atoms with E-state index < -0.39 is 17.7 Å². The van der Waals surface area contributed by atoms with Gasteiger partial charge in [-0.2, -0.15) is 0 Å². The Morgan fingerprint density at radius 1 is 1.03 bits per heavy atom. The van der Waals surface area contributed by atoms with E-state index in [-0.39, 0.29) is 11.3 Å². The summed E-state index contributed by atoms with van der Waals surface area (Å²) in [6.07, 6.45) is 3.08. The van der Waals surface area contributed by atoms with Crippen molar-refractivity contribution >= 4 is 23.1 Å². The molecule has 0 spiro atoms. The molecule has 1 aliphatic heterocycles. The van der Waals surface area contributed by atoms with E-state index in [2.05, 4.69) is 4.98 Å². The van der Waals surface area contributed by atoms with E-state index in [1.807, 2.05) is 19.1 Å². The molecule has 2 heterocycles. The Balaban J connectivity index is 1.98. The van der Waals surface area contributed by atoms with Crippen molar-refractivity contribution in [3.05, 3.63) is 89.3 Å². The number of carbonyl (C=O) groups excluding carboxylic acids is 2. The highest BCUT2D eigenvalue weighted by molar-refractivity contribution is 6.51. The van der Waals surface area contributed by atoms with Gasteiger partial charge in [-0.15, -0.1) is 0 Å². The van der Waals surface area contributed by atoms with Crippen molar-refractivity contribution in [3.8, 4) is 11.5 Å². The number of amides is 1. The van der Waals surface area contributed by atoms with E-state index in [0.29, 0.717) is 28.3 Å². The molecule has 1 aliphatic rings. The van der Waals surface area contributed by atoms with E-state index >= 15 is 0 Å². The Morgan fingerprint density at radius 3 is 2.41 bits per heavy atom. The fraction of sp³-hybridized carbons (Fsp3) is 0.160. The van der Waals surface area contributed by atoms with Crippen LogP contribution in [0.25, 0.3) is 5.76 Å². The lowest BCUT2D eigenvalue weighted by Crippen LogP contribution is -2.29. The topological polar surface area (TPSA) is 89.0 Å². The van der Waals surface area contributed by atoms with Crippen LogP contribution in [0.4, 0.5) is 5.69 Å². The van der Waals surface area contributed by atoms with Gasteiger partial charge in [-0.1, -0.05) is 29.8 Å². The molecule has 1 saturated heterocycles. The summed E-state index contributed by atoms with van der Waals surface area (Å²) < 4.78 is 10.8. The lowest BCUT2D eigenvalue weighted by Gasteiger charge is -2.26. The first-order chi connectivity index (χ1) is 15.5. The third-order valence-electron chi connectivity index (χ3n) is 5.43. The van der Waals surface area contributed by atoms with Crippen LogP contribution in [0, 0.1) is 6.92 Å². The number of hydrogen-bond acceptors (Lipinski definition) is 6. The van der Waals surface area contributed by atoms with Gasteiger partial charge < -0.3 is 14.6 Å². The molecular formula is C25H22N2O5. The number of hydrogen-bond donors (Lipinski definition) is 1. The maximum Gasteiger partial charge on any atom is 0.300 e. The summed E-state index contributed by atoms with van der Waals surface area (Å²) in [5, 5.41) is 11.2. The fourth-order valence-electron chi connectivity index (χ4n) is 3.80. The molecule has 0 aliphatic carbocycles. The van der Waals surface area contributed by atoms with Crippen molar-refractivity contribution in [2.45, 2.75) is 13.0 Å². The number of rotatable bonds is 5. The maximum atomic E-state index is 13.2. The number of anilines is 1. The smallest absolute Gasteiger partial charge is 0.300 e. The van der Waals surface area contributed by atoms with Gasteiger partial charge in [0, 0.05) is 23.4 Å². The number of Topliss-reactive ketones (excluding diaryl/α,β-unsaturated/α-hetero) is 1. The van der Waals surface area contributed by atoms with Crippen LogP contribution in [0.5, 0.6) is 11.5 Å².